The molecule has 2 heteroatoms. The summed E-state index contributed by atoms with van der Waals surface area (Å²) in [5, 5.41) is 0. The maximum Gasteiger partial charge on any atom is 0.132 e. The highest BCUT2D eigenvalue weighted by molar-refractivity contribution is 5.78. The molecule has 86 valence electrons. The quantitative estimate of drug-likeness (QED) is 0.696. The highest BCUT2D eigenvalue weighted by atomic mass is 16.1. The standard InChI is InChI=1S/C13H23NO/c1-14-8-2-3-12(10-14)9-11-4-6-13(15)7-5-11/h11-12H,2-10H2,1H3. The van der Waals surface area contributed by atoms with Crippen LogP contribution in [0.4, 0.5) is 0 Å². The Morgan fingerprint density at radius 2 is 1.93 bits per heavy atom. The van der Waals surface area contributed by atoms with Crippen molar-refractivity contribution in [3.05, 3.63) is 0 Å². The van der Waals surface area contributed by atoms with Gasteiger partial charge in [-0.2, -0.15) is 0 Å². The molecule has 0 N–H and O–H groups in total. The third kappa shape index (κ3) is 3.30. The van der Waals surface area contributed by atoms with Crippen molar-refractivity contribution in [3.63, 3.8) is 0 Å². The van der Waals surface area contributed by atoms with Crippen LogP contribution in [0.2, 0.25) is 0 Å². The van der Waals surface area contributed by atoms with Crippen LogP contribution in [0.5, 0.6) is 0 Å². The van der Waals surface area contributed by atoms with E-state index >= 15 is 0 Å². The summed E-state index contributed by atoms with van der Waals surface area (Å²) >= 11 is 0. The van der Waals surface area contributed by atoms with Gasteiger partial charge in [-0.25, -0.2) is 0 Å². The number of piperidine rings is 1. The summed E-state index contributed by atoms with van der Waals surface area (Å²) < 4.78 is 0. The lowest BCUT2D eigenvalue weighted by molar-refractivity contribution is -0.121. The van der Waals surface area contributed by atoms with Crippen LogP contribution in [0.3, 0.4) is 0 Å². The number of ketones is 1. The molecule has 1 aliphatic heterocycles. The van der Waals surface area contributed by atoms with Crippen LogP contribution in [0, 0.1) is 11.8 Å². The smallest absolute Gasteiger partial charge is 0.132 e. The van der Waals surface area contributed by atoms with E-state index in [-0.39, 0.29) is 0 Å². The lowest BCUT2D eigenvalue weighted by Crippen LogP contribution is -2.33. The first-order valence-corrected chi connectivity index (χ1v) is 6.44. The van der Waals surface area contributed by atoms with Crippen LogP contribution in [-0.2, 0) is 4.79 Å². The lowest BCUT2D eigenvalue weighted by atomic mass is 9.80. The Kier molecular flexibility index (Phi) is 3.79. The SMILES string of the molecule is CN1CCCC(CC2CCC(=O)CC2)C1. The van der Waals surface area contributed by atoms with E-state index in [1.807, 2.05) is 0 Å². The fourth-order valence-corrected chi connectivity index (χ4v) is 3.17. The van der Waals surface area contributed by atoms with Gasteiger partial charge in [0.25, 0.3) is 0 Å². The number of rotatable bonds is 2. The van der Waals surface area contributed by atoms with Crippen LogP contribution >= 0.6 is 0 Å². The predicted molar refractivity (Wildman–Crippen MR) is 61.8 cm³/mol. The van der Waals surface area contributed by atoms with Crippen LogP contribution in [0.15, 0.2) is 0 Å². The number of nitrogens with zero attached hydrogens (tertiary/aromatic N) is 1. The number of carbonyl (C=O) groups excluding carboxylic acids is 1. The molecule has 2 aliphatic rings. The summed E-state index contributed by atoms with van der Waals surface area (Å²) in [4.78, 5) is 13.6. The van der Waals surface area contributed by atoms with Gasteiger partial charge in [-0.15, -0.1) is 0 Å². The van der Waals surface area contributed by atoms with Crippen molar-refractivity contribution in [2.45, 2.75) is 44.9 Å². The van der Waals surface area contributed by atoms with Gasteiger partial charge in [0.1, 0.15) is 5.78 Å². The number of Topliss-reactive ketones (excluding diaryl/α,β-unsaturated/α-hetero) is 1. The van der Waals surface area contributed by atoms with Gasteiger partial charge in [0.15, 0.2) is 0 Å². The van der Waals surface area contributed by atoms with Crippen LogP contribution in [-0.4, -0.2) is 30.8 Å². The van der Waals surface area contributed by atoms with Gasteiger partial charge in [-0.1, -0.05) is 0 Å². The maximum atomic E-state index is 11.1. The molecule has 0 bridgehead atoms. The maximum absolute atomic E-state index is 11.1. The fourth-order valence-electron chi connectivity index (χ4n) is 3.17. The van der Waals surface area contributed by atoms with E-state index < -0.39 is 0 Å². The monoisotopic (exact) mass is 209 g/mol. The molecule has 1 saturated carbocycles. The molecular weight excluding hydrogens is 186 g/mol. The molecule has 0 amide bonds. The lowest BCUT2D eigenvalue weighted by Gasteiger charge is -2.33. The molecule has 2 rings (SSSR count). The van der Waals surface area contributed by atoms with Crippen LogP contribution in [0.25, 0.3) is 0 Å². The first-order chi connectivity index (χ1) is 7.24. The van der Waals surface area contributed by atoms with Crippen LogP contribution < -0.4 is 0 Å². The van der Waals surface area contributed by atoms with Crippen molar-refractivity contribution < 1.29 is 4.79 Å². The summed E-state index contributed by atoms with van der Waals surface area (Å²) in [5.41, 5.74) is 0. The molecule has 0 aromatic rings. The molecule has 2 nitrogen and oxygen atoms in total. The summed E-state index contributed by atoms with van der Waals surface area (Å²) in [7, 11) is 2.23. The Morgan fingerprint density at radius 3 is 2.60 bits per heavy atom. The Hall–Kier alpha value is -0.370. The first-order valence-electron chi connectivity index (χ1n) is 6.44. The van der Waals surface area contributed by atoms with E-state index in [2.05, 4.69) is 11.9 Å². The summed E-state index contributed by atoms with van der Waals surface area (Å²) in [6, 6.07) is 0. The molecule has 0 aromatic heterocycles. The summed E-state index contributed by atoms with van der Waals surface area (Å²) in [6.07, 6.45) is 8.19. The van der Waals surface area contributed by atoms with Crippen molar-refractivity contribution in [1.82, 2.24) is 4.90 Å². The van der Waals surface area contributed by atoms with Gasteiger partial charge in [-0.3, -0.25) is 4.79 Å². The molecule has 1 heterocycles. The minimum Gasteiger partial charge on any atom is -0.306 e. The number of carbonyl (C=O) groups is 1. The molecule has 0 spiro atoms. The highest BCUT2D eigenvalue weighted by Crippen LogP contribution is 2.30. The van der Waals surface area contributed by atoms with E-state index in [1.165, 1.54) is 45.2 Å². The Bertz CT molecular complexity index is 217. The van der Waals surface area contributed by atoms with Crippen LogP contribution in [0.1, 0.15) is 44.9 Å². The van der Waals surface area contributed by atoms with Crippen molar-refractivity contribution in [3.8, 4) is 0 Å². The third-order valence-electron chi connectivity index (χ3n) is 4.05. The highest BCUT2D eigenvalue weighted by Gasteiger charge is 2.24. The Labute approximate surface area is 93.0 Å². The van der Waals surface area contributed by atoms with Crippen molar-refractivity contribution >= 4 is 5.78 Å². The molecule has 2 fully saturated rings. The van der Waals surface area contributed by atoms with Gasteiger partial charge in [0, 0.05) is 19.4 Å². The van der Waals surface area contributed by atoms with Gasteiger partial charge in [0.05, 0.1) is 0 Å². The van der Waals surface area contributed by atoms with E-state index in [0.29, 0.717) is 5.78 Å². The average Bonchev–Trinajstić information content (AvgIpc) is 2.22. The second kappa shape index (κ2) is 5.11. The van der Waals surface area contributed by atoms with E-state index in [1.54, 1.807) is 0 Å². The first kappa shape index (κ1) is 11.1. The summed E-state index contributed by atoms with van der Waals surface area (Å²) in [5.74, 6) is 2.24. The minimum atomic E-state index is 0.493. The molecule has 0 aromatic carbocycles. The van der Waals surface area contributed by atoms with Crippen molar-refractivity contribution in [2.24, 2.45) is 11.8 Å². The normalized spacial score (nSPS) is 30.7. The van der Waals surface area contributed by atoms with E-state index in [9.17, 15) is 4.79 Å². The topological polar surface area (TPSA) is 20.3 Å². The molecule has 1 atom stereocenters. The van der Waals surface area contributed by atoms with Gasteiger partial charge >= 0.3 is 0 Å². The van der Waals surface area contributed by atoms with Gasteiger partial charge < -0.3 is 4.90 Å². The molecule has 1 unspecified atom stereocenters. The second-order valence-corrected chi connectivity index (χ2v) is 5.49. The fraction of sp³-hybridized carbons (Fsp3) is 0.923. The molecule has 1 saturated heterocycles. The average molecular weight is 209 g/mol. The van der Waals surface area contributed by atoms with Crippen molar-refractivity contribution in [1.29, 1.82) is 0 Å². The molecule has 0 radical (unpaired) electrons. The summed E-state index contributed by atoms with van der Waals surface area (Å²) in [6.45, 7) is 2.56. The van der Waals surface area contributed by atoms with Gasteiger partial charge in [0.2, 0.25) is 0 Å². The number of likely N-dealkylation sites (tertiary alicyclic amines) is 1. The minimum absolute atomic E-state index is 0.493. The number of hydrogen-bond acceptors (Lipinski definition) is 2. The third-order valence-corrected chi connectivity index (χ3v) is 4.05. The molecule has 1 aliphatic carbocycles. The zero-order valence-corrected chi connectivity index (χ0v) is 9.87. The molecule has 15 heavy (non-hydrogen) atoms. The van der Waals surface area contributed by atoms with E-state index in [4.69, 9.17) is 0 Å². The van der Waals surface area contributed by atoms with Gasteiger partial charge in [-0.05, 0) is 57.5 Å². The van der Waals surface area contributed by atoms with Crippen molar-refractivity contribution in [2.75, 3.05) is 20.1 Å². The second-order valence-electron chi connectivity index (χ2n) is 5.49. The zero-order chi connectivity index (χ0) is 10.7. The predicted octanol–water partition coefficient (Wildman–Crippen LogP) is 2.48. The Morgan fingerprint density at radius 1 is 1.20 bits per heavy atom. The largest absolute Gasteiger partial charge is 0.306 e. The zero-order valence-electron chi connectivity index (χ0n) is 9.87. The van der Waals surface area contributed by atoms with E-state index in [0.717, 1.165) is 24.7 Å². The Balaban J connectivity index is 1.74. The number of hydrogen-bond donors (Lipinski definition) is 0. The molecular formula is C13H23NO.